The molecule has 3 heterocycles. The molecule has 150 valence electrons. The molecule has 0 spiro atoms. The minimum absolute atomic E-state index is 0.0522. The molecule has 1 saturated heterocycles. The zero-order valence-corrected chi connectivity index (χ0v) is 16.2. The second-order valence-electron chi connectivity index (χ2n) is 6.75. The molecule has 8 heteroatoms. The van der Waals surface area contributed by atoms with Crippen LogP contribution in [0, 0.1) is 0 Å². The molecule has 1 fully saturated rings. The molecule has 1 aliphatic heterocycles. The number of fused-ring (bicyclic) bond motifs is 1. The number of hydrogen-bond acceptors (Lipinski definition) is 6. The molecular formula is C21H23N5O3. The van der Waals surface area contributed by atoms with Crippen LogP contribution in [0.2, 0.25) is 0 Å². The fourth-order valence-corrected chi connectivity index (χ4v) is 3.66. The Kier molecular flexibility index (Phi) is 5.33. The number of anilines is 1. The molecular weight excluding hydrogens is 370 g/mol. The Balaban J connectivity index is 1.55. The standard InChI is InChI=1S/C21H23N5O3/c1-3-29-21(27)25-12-6-7-15(25)13-22-19-10-11-20-23-14-17(26(20)24-19)16-8-4-5-9-18(16)28-2/h3-5,8-11,14-15H,1,6-7,12-13H2,2H3,(H,22,24)/t15-/m0/s1. The number of imidazole rings is 1. The van der Waals surface area contributed by atoms with Crippen molar-refractivity contribution in [1.82, 2.24) is 19.5 Å². The SMILES string of the molecule is C=COC(=O)N1CCC[C@H]1CNc1ccc2ncc(-c3ccccc3OC)n2n1. The summed E-state index contributed by atoms with van der Waals surface area (Å²) in [6.45, 7) is 4.72. The number of hydrogen-bond donors (Lipinski definition) is 1. The van der Waals surface area contributed by atoms with Gasteiger partial charge in [-0.3, -0.25) is 0 Å². The fraction of sp³-hybridized carbons (Fsp3) is 0.286. The van der Waals surface area contributed by atoms with Crippen LogP contribution < -0.4 is 10.1 Å². The Bertz CT molecular complexity index is 1030. The molecule has 0 saturated carbocycles. The number of rotatable bonds is 6. The van der Waals surface area contributed by atoms with E-state index in [2.05, 4.69) is 16.9 Å². The van der Waals surface area contributed by atoms with Gasteiger partial charge in [0.25, 0.3) is 0 Å². The highest BCUT2D eigenvalue weighted by atomic mass is 16.5. The van der Waals surface area contributed by atoms with Gasteiger partial charge in [0, 0.05) is 18.7 Å². The number of nitrogens with one attached hydrogen (secondary N) is 1. The first-order chi connectivity index (χ1) is 14.2. The zero-order chi connectivity index (χ0) is 20.2. The molecule has 0 bridgehead atoms. The molecule has 1 N–H and O–H groups in total. The van der Waals surface area contributed by atoms with Gasteiger partial charge in [0.05, 0.1) is 31.3 Å². The van der Waals surface area contributed by atoms with Crippen LogP contribution in [0.25, 0.3) is 16.9 Å². The molecule has 1 aliphatic rings. The highest BCUT2D eigenvalue weighted by Crippen LogP contribution is 2.30. The first-order valence-electron chi connectivity index (χ1n) is 9.51. The molecule has 29 heavy (non-hydrogen) atoms. The summed E-state index contributed by atoms with van der Waals surface area (Å²) < 4.78 is 12.2. The van der Waals surface area contributed by atoms with E-state index < -0.39 is 0 Å². The first-order valence-corrected chi connectivity index (χ1v) is 9.51. The van der Waals surface area contributed by atoms with E-state index in [1.165, 1.54) is 6.26 Å². The number of ether oxygens (including phenoxy) is 2. The van der Waals surface area contributed by atoms with Gasteiger partial charge < -0.3 is 19.7 Å². The molecule has 2 aromatic heterocycles. The number of carbonyl (C=O) groups excluding carboxylic acids is 1. The van der Waals surface area contributed by atoms with Crippen LogP contribution >= 0.6 is 0 Å². The van der Waals surface area contributed by atoms with E-state index in [1.54, 1.807) is 22.7 Å². The summed E-state index contributed by atoms with van der Waals surface area (Å²) in [5.41, 5.74) is 2.51. The Labute approximate surface area is 168 Å². The van der Waals surface area contributed by atoms with Crippen molar-refractivity contribution >= 4 is 17.6 Å². The van der Waals surface area contributed by atoms with Crippen LogP contribution in [0.3, 0.4) is 0 Å². The topological polar surface area (TPSA) is 81.0 Å². The number of benzene rings is 1. The molecule has 1 aromatic carbocycles. The Morgan fingerprint density at radius 1 is 1.34 bits per heavy atom. The third-order valence-electron chi connectivity index (χ3n) is 5.06. The second kappa shape index (κ2) is 8.22. The summed E-state index contributed by atoms with van der Waals surface area (Å²) in [5.74, 6) is 1.47. The van der Waals surface area contributed by atoms with E-state index in [0.717, 1.165) is 35.5 Å². The largest absolute Gasteiger partial charge is 0.496 e. The molecule has 1 atom stereocenters. The van der Waals surface area contributed by atoms with Crippen molar-refractivity contribution in [3.05, 3.63) is 55.4 Å². The third-order valence-corrected chi connectivity index (χ3v) is 5.06. The van der Waals surface area contributed by atoms with Crippen molar-refractivity contribution in [2.75, 3.05) is 25.5 Å². The van der Waals surface area contributed by atoms with Gasteiger partial charge in [0.1, 0.15) is 11.6 Å². The lowest BCUT2D eigenvalue weighted by molar-refractivity contribution is 0.134. The van der Waals surface area contributed by atoms with E-state index in [4.69, 9.17) is 14.6 Å². The average Bonchev–Trinajstić information content (AvgIpc) is 3.39. The molecule has 0 aliphatic carbocycles. The van der Waals surface area contributed by atoms with Crippen LogP contribution in [0.4, 0.5) is 10.6 Å². The van der Waals surface area contributed by atoms with E-state index in [-0.39, 0.29) is 12.1 Å². The maximum atomic E-state index is 12.0. The van der Waals surface area contributed by atoms with E-state index in [0.29, 0.717) is 18.9 Å². The summed E-state index contributed by atoms with van der Waals surface area (Å²) >= 11 is 0. The number of amides is 1. The normalized spacial score (nSPS) is 16.0. The number of para-hydroxylation sites is 1. The molecule has 4 rings (SSSR count). The minimum Gasteiger partial charge on any atom is -0.496 e. The van der Waals surface area contributed by atoms with Crippen molar-refractivity contribution < 1.29 is 14.3 Å². The van der Waals surface area contributed by atoms with Crippen LogP contribution in [0.1, 0.15) is 12.8 Å². The predicted molar refractivity (Wildman–Crippen MR) is 110 cm³/mol. The van der Waals surface area contributed by atoms with Gasteiger partial charge in [-0.25, -0.2) is 14.3 Å². The van der Waals surface area contributed by atoms with Crippen molar-refractivity contribution in [2.24, 2.45) is 0 Å². The van der Waals surface area contributed by atoms with E-state index in [1.807, 2.05) is 36.4 Å². The first kappa shape index (κ1) is 18.8. The predicted octanol–water partition coefficient (Wildman–Crippen LogP) is 3.56. The summed E-state index contributed by atoms with van der Waals surface area (Å²) in [5, 5.41) is 8.03. The highest BCUT2D eigenvalue weighted by Gasteiger charge is 2.29. The lowest BCUT2D eigenvalue weighted by atomic mass is 10.1. The van der Waals surface area contributed by atoms with Gasteiger partial charge in [-0.15, -0.1) is 5.10 Å². The van der Waals surface area contributed by atoms with Crippen molar-refractivity contribution in [3.63, 3.8) is 0 Å². The summed E-state index contributed by atoms with van der Waals surface area (Å²) in [6.07, 6.45) is 4.46. The molecule has 3 aromatic rings. The minimum atomic E-state index is -0.360. The van der Waals surface area contributed by atoms with Gasteiger partial charge in [0.2, 0.25) is 0 Å². The van der Waals surface area contributed by atoms with Crippen molar-refractivity contribution in [1.29, 1.82) is 0 Å². The molecule has 0 unspecified atom stereocenters. The van der Waals surface area contributed by atoms with Gasteiger partial charge in [-0.1, -0.05) is 18.7 Å². The van der Waals surface area contributed by atoms with E-state index >= 15 is 0 Å². The van der Waals surface area contributed by atoms with Crippen molar-refractivity contribution in [2.45, 2.75) is 18.9 Å². The van der Waals surface area contributed by atoms with Crippen molar-refractivity contribution in [3.8, 4) is 17.0 Å². The number of aromatic nitrogens is 3. The maximum Gasteiger partial charge on any atom is 0.414 e. The summed E-state index contributed by atoms with van der Waals surface area (Å²) in [7, 11) is 1.65. The number of methoxy groups -OCH3 is 1. The third kappa shape index (κ3) is 3.73. The van der Waals surface area contributed by atoms with Gasteiger partial charge in [0.15, 0.2) is 5.65 Å². The Morgan fingerprint density at radius 3 is 3.03 bits per heavy atom. The monoisotopic (exact) mass is 393 g/mol. The molecule has 1 amide bonds. The quantitative estimate of drug-likeness (QED) is 0.645. The van der Waals surface area contributed by atoms with Crippen LogP contribution in [-0.4, -0.2) is 51.8 Å². The smallest absolute Gasteiger partial charge is 0.414 e. The van der Waals surface area contributed by atoms with Crippen LogP contribution in [-0.2, 0) is 4.74 Å². The maximum absolute atomic E-state index is 12.0. The summed E-state index contributed by atoms with van der Waals surface area (Å²) in [6, 6.07) is 11.6. The van der Waals surface area contributed by atoms with E-state index in [9.17, 15) is 4.79 Å². The summed E-state index contributed by atoms with van der Waals surface area (Å²) in [4.78, 5) is 18.2. The Hall–Kier alpha value is -3.55. The number of likely N-dealkylation sites (tertiary alicyclic amines) is 1. The number of carbonyl (C=O) groups is 1. The van der Waals surface area contributed by atoms with Gasteiger partial charge in [-0.05, 0) is 37.1 Å². The van der Waals surface area contributed by atoms with Gasteiger partial charge in [-0.2, -0.15) is 0 Å². The van der Waals surface area contributed by atoms with Crippen LogP contribution in [0.5, 0.6) is 5.75 Å². The fourth-order valence-electron chi connectivity index (χ4n) is 3.66. The lowest BCUT2D eigenvalue weighted by Gasteiger charge is -2.23. The molecule has 0 radical (unpaired) electrons. The van der Waals surface area contributed by atoms with Crippen LogP contribution in [0.15, 0.2) is 55.4 Å². The molecule has 8 nitrogen and oxygen atoms in total. The highest BCUT2D eigenvalue weighted by molar-refractivity contribution is 5.70. The second-order valence-corrected chi connectivity index (χ2v) is 6.75. The lowest BCUT2D eigenvalue weighted by Crippen LogP contribution is -2.39. The average molecular weight is 393 g/mol. The zero-order valence-electron chi connectivity index (χ0n) is 16.2. The Morgan fingerprint density at radius 2 is 2.21 bits per heavy atom. The number of nitrogens with zero attached hydrogens (tertiary/aromatic N) is 4. The van der Waals surface area contributed by atoms with Gasteiger partial charge >= 0.3 is 6.09 Å².